The lowest BCUT2D eigenvalue weighted by molar-refractivity contribution is 0.0941. The summed E-state index contributed by atoms with van der Waals surface area (Å²) in [6.07, 6.45) is 0. The van der Waals surface area contributed by atoms with Crippen LogP contribution in [-0.2, 0) is 9.84 Å². The predicted octanol–water partition coefficient (Wildman–Crippen LogP) is 0.838. The molecule has 1 heterocycles. The largest absolute Gasteiger partial charge is 0.497 e. The molecule has 1 fully saturated rings. The smallest absolute Gasteiger partial charge is 0.251 e. The lowest BCUT2D eigenvalue weighted by Crippen LogP contribution is -2.40. The van der Waals surface area contributed by atoms with E-state index in [1.165, 1.54) is 14.2 Å². The van der Waals surface area contributed by atoms with Gasteiger partial charge >= 0.3 is 0 Å². The zero-order chi connectivity index (χ0) is 15.6. The van der Waals surface area contributed by atoms with Gasteiger partial charge in [-0.15, -0.1) is 11.6 Å². The lowest BCUT2D eigenvalue weighted by atomic mass is 10.1. The number of hydrogen-bond donors (Lipinski definition) is 1. The summed E-state index contributed by atoms with van der Waals surface area (Å²) in [4.78, 5) is 12.2. The van der Waals surface area contributed by atoms with Crippen LogP contribution in [0.15, 0.2) is 18.2 Å². The zero-order valence-corrected chi connectivity index (χ0v) is 13.2. The van der Waals surface area contributed by atoms with Gasteiger partial charge in [0.1, 0.15) is 11.5 Å². The van der Waals surface area contributed by atoms with Crippen LogP contribution in [0.1, 0.15) is 10.4 Å². The van der Waals surface area contributed by atoms with E-state index in [0.717, 1.165) is 0 Å². The van der Waals surface area contributed by atoms with E-state index in [1.807, 2.05) is 0 Å². The molecular formula is C13H16ClNO5S. The highest BCUT2D eigenvalue weighted by molar-refractivity contribution is 7.91. The number of methoxy groups -OCH3 is 2. The van der Waals surface area contributed by atoms with Gasteiger partial charge in [-0.3, -0.25) is 4.79 Å². The van der Waals surface area contributed by atoms with Gasteiger partial charge in [-0.2, -0.15) is 0 Å². The molecule has 1 N–H and O–H groups in total. The Morgan fingerprint density at radius 2 is 1.76 bits per heavy atom. The zero-order valence-electron chi connectivity index (χ0n) is 11.6. The van der Waals surface area contributed by atoms with Crippen LogP contribution >= 0.6 is 11.6 Å². The predicted molar refractivity (Wildman–Crippen MR) is 79.1 cm³/mol. The third-order valence-electron chi connectivity index (χ3n) is 3.21. The number of halogens is 1. The summed E-state index contributed by atoms with van der Waals surface area (Å²) in [5, 5.41) is 2.02. The monoisotopic (exact) mass is 333 g/mol. The van der Waals surface area contributed by atoms with Crippen molar-refractivity contribution in [2.24, 2.45) is 0 Å². The SMILES string of the molecule is COc1cc(OC)cc(C(=O)N[C@@H]2CS(=O)(=O)C[C@@H]2Cl)c1. The fourth-order valence-corrected chi connectivity index (χ4v) is 4.68. The fraction of sp³-hybridized carbons (Fsp3) is 0.462. The Balaban J connectivity index is 2.17. The van der Waals surface area contributed by atoms with E-state index in [-0.39, 0.29) is 11.5 Å². The number of rotatable bonds is 4. The van der Waals surface area contributed by atoms with Gasteiger partial charge in [-0.05, 0) is 12.1 Å². The summed E-state index contributed by atoms with van der Waals surface area (Å²) in [6.45, 7) is 0. The topological polar surface area (TPSA) is 81.7 Å². The Kier molecular flexibility index (Phi) is 4.63. The van der Waals surface area contributed by atoms with Gasteiger partial charge in [-0.1, -0.05) is 0 Å². The third kappa shape index (κ3) is 3.79. The Labute approximate surface area is 128 Å². The van der Waals surface area contributed by atoms with Gasteiger partial charge in [0.05, 0.1) is 37.1 Å². The van der Waals surface area contributed by atoms with Crippen molar-refractivity contribution in [3.8, 4) is 11.5 Å². The number of nitrogens with one attached hydrogen (secondary N) is 1. The van der Waals surface area contributed by atoms with Crippen LogP contribution in [0.3, 0.4) is 0 Å². The molecule has 0 radical (unpaired) electrons. The number of carbonyl (C=O) groups excluding carboxylic acids is 1. The summed E-state index contributed by atoms with van der Waals surface area (Å²) in [5.74, 6) is 0.261. The Bertz CT molecular complexity index is 624. The fourth-order valence-electron chi connectivity index (χ4n) is 2.13. The molecule has 0 saturated carbocycles. The van der Waals surface area contributed by atoms with Gasteiger partial charge in [0.2, 0.25) is 0 Å². The number of ether oxygens (including phenoxy) is 2. The van der Waals surface area contributed by atoms with Crippen LogP contribution in [0, 0.1) is 0 Å². The highest BCUT2D eigenvalue weighted by Crippen LogP contribution is 2.23. The molecule has 2 atom stereocenters. The van der Waals surface area contributed by atoms with Gasteiger partial charge < -0.3 is 14.8 Å². The van der Waals surface area contributed by atoms with Crippen molar-refractivity contribution < 1.29 is 22.7 Å². The number of amides is 1. The maximum atomic E-state index is 12.2. The Hall–Kier alpha value is -1.47. The van der Waals surface area contributed by atoms with E-state index < -0.39 is 27.2 Å². The maximum Gasteiger partial charge on any atom is 0.251 e. The molecular weight excluding hydrogens is 318 g/mol. The minimum atomic E-state index is -3.19. The van der Waals surface area contributed by atoms with Crippen LogP contribution in [0.2, 0.25) is 0 Å². The summed E-state index contributed by atoms with van der Waals surface area (Å²) in [6, 6.07) is 4.14. The normalized spacial score (nSPS) is 23.6. The molecule has 1 amide bonds. The molecule has 0 unspecified atom stereocenters. The van der Waals surface area contributed by atoms with Crippen molar-refractivity contribution in [1.82, 2.24) is 5.32 Å². The number of sulfone groups is 1. The molecule has 2 rings (SSSR count). The molecule has 116 valence electrons. The first kappa shape index (κ1) is 15.9. The van der Waals surface area contributed by atoms with Crippen molar-refractivity contribution >= 4 is 27.3 Å². The Morgan fingerprint density at radius 1 is 1.19 bits per heavy atom. The first-order valence-corrected chi connectivity index (χ1v) is 8.49. The average Bonchev–Trinajstić information content (AvgIpc) is 2.70. The molecule has 1 aliphatic heterocycles. The van der Waals surface area contributed by atoms with Crippen molar-refractivity contribution in [2.75, 3.05) is 25.7 Å². The van der Waals surface area contributed by atoms with E-state index >= 15 is 0 Å². The van der Waals surface area contributed by atoms with E-state index in [0.29, 0.717) is 17.1 Å². The second-order valence-corrected chi connectivity index (χ2v) is 7.49. The first-order valence-electron chi connectivity index (χ1n) is 6.23. The maximum absolute atomic E-state index is 12.2. The summed E-state index contributed by atoms with van der Waals surface area (Å²) in [7, 11) is -0.232. The molecule has 0 aromatic heterocycles. The standard InChI is InChI=1S/C13H16ClNO5S/c1-19-9-3-8(4-10(5-9)20-2)13(16)15-12-7-21(17,18)6-11(12)14/h3-5,11-12H,6-7H2,1-2H3,(H,15,16)/t11-,12+/m0/s1. The van der Waals surface area contributed by atoms with Gasteiger partial charge in [0, 0.05) is 11.6 Å². The minimum absolute atomic E-state index is 0.124. The number of benzene rings is 1. The van der Waals surface area contributed by atoms with E-state index in [9.17, 15) is 13.2 Å². The van der Waals surface area contributed by atoms with Crippen molar-refractivity contribution in [1.29, 1.82) is 0 Å². The summed E-state index contributed by atoms with van der Waals surface area (Å²) in [5.41, 5.74) is 0.319. The third-order valence-corrected chi connectivity index (χ3v) is 5.59. The van der Waals surface area contributed by atoms with Gasteiger partial charge in [0.25, 0.3) is 5.91 Å². The van der Waals surface area contributed by atoms with Crippen molar-refractivity contribution in [3.63, 3.8) is 0 Å². The number of hydrogen-bond acceptors (Lipinski definition) is 5. The average molecular weight is 334 g/mol. The molecule has 1 aromatic rings. The van der Waals surface area contributed by atoms with Crippen LogP contribution in [0.5, 0.6) is 11.5 Å². The molecule has 1 saturated heterocycles. The Morgan fingerprint density at radius 3 is 2.19 bits per heavy atom. The first-order chi connectivity index (χ1) is 9.84. The summed E-state index contributed by atoms with van der Waals surface area (Å²) >= 11 is 5.97. The summed E-state index contributed by atoms with van der Waals surface area (Å²) < 4.78 is 33.2. The van der Waals surface area contributed by atoms with Crippen molar-refractivity contribution in [3.05, 3.63) is 23.8 Å². The van der Waals surface area contributed by atoms with Crippen LogP contribution in [0.25, 0.3) is 0 Å². The van der Waals surface area contributed by atoms with Crippen LogP contribution < -0.4 is 14.8 Å². The highest BCUT2D eigenvalue weighted by atomic mass is 35.5. The number of carbonyl (C=O) groups is 1. The number of alkyl halides is 1. The highest BCUT2D eigenvalue weighted by Gasteiger charge is 2.37. The molecule has 1 aromatic carbocycles. The molecule has 1 aliphatic rings. The van der Waals surface area contributed by atoms with Crippen molar-refractivity contribution in [2.45, 2.75) is 11.4 Å². The van der Waals surface area contributed by atoms with Gasteiger partial charge in [0.15, 0.2) is 9.84 Å². The van der Waals surface area contributed by atoms with E-state index in [2.05, 4.69) is 5.32 Å². The molecule has 0 aliphatic carbocycles. The van der Waals surface area contributed by atoms with Crippen LogP contribution in [-0.4, -0.2) is 51.5 Å². The molecule has 8 heteroatoms. The van der Waals surface area contributed by atoms with Crippen LogP contribution in [0.4, 0.5) is 0 Å². The minimum Gasteiger partial charge on any atom is -0.497 e. The molecule has 0 spiro atoms. The lowest BCUT2D eigenvalue weighted by Gasteiger charge is -2.15. The quantitative estimate of drug-likeness (QED) is 0.826. The van der Waals surface area contributed by atoms with E-state index in [1.54, 1.807) is 18.2 Å². The molecule has 0 bridgehead atoms. The second kappa shape index (κ2) is 6.11. The molecule has 21 heavy (non-hydrogen) atoms. The molecule has 6 nitrogen and oxygen atoms in total. The van der Waals surface area contributed by atoms with Gasteiger partial charge in [-0.25, -0.2) is 8.42 Å². The second-order valence-electron chi connectivity index (χ2n) is 4.77. The van der Waals surface area contributed by atoms with E-state index in [4.69, 9.17) is 21.1 Å².